The number of nitrogens with zero attached hydrogens (tertiary/aromatic N) is 1. The SMILES string of the molecule is C[C@@H](C(=O)Nc1ccccc1[N+](=O)[O-])[NH+]1CC[NH+](Cc2ccc3c(c2)CCO3)CC1. The van der Waals surface area contributed by atoms with E-state index in [9.17, 15) is 14.9 Å². The molecule has 1 fully saturated rings. The van der Waals surface area contributed by atoms with E-state index in [2.05, 4.69) is 23.5 Å². The molecule has 30 heavy (non-hydrogen) atoms. The molecule has 0 aliphatic carbocycles. The minimum atomic E-state index is -0.472. The third-order valence-electron chi connectivity index (χ3n) is 6.17. The zero-order valence-corrected chi connectivity index (χ0v) is 17.1. The highest BCUT2D eigenvalue weighted by molar-refractivity contribution is 5.95. The van der Waals surface area contributed by atoms with Crippen LogP contribution in [0.5, 0.6) is 5.75 Å². The quantitative estimate of drug-likeness (QED) is 0.454. The second-order valence-electron chi connectivity index (χ2n) is 8.11. The molecule has 2 aliphatic heterocycles. The fraction of sp³-hybridized carbons (Fsp3) is 0.409. The summed E-state index contributed by atoms with van der Waals surface area (Å²) >= 11 is 0. The van der Waals surface area contributed by atoms with Gasteiger partial charge >= 0.3 is 0 Å². The van der Waals surface area contributed by atoms with E-state index < -0.39 is 4.92 Å². The fourth-order valence-electron chi connectivity index (χ4n) is 4.34. The molecule has 1 atom stereocenters. The number of hydrogen-bond acceptors (Lipinski definition) is 4. The van der Waals surface area contributed by atoms with E-state index in [4.69, 9.17) is 4.74 Å². The second kappa shape index (κ2) is 8.81. The zero-order chi connectivity index (χ0) is 21.1. The number of piperazine rings is 1. The number of nitro benzene ring substituents is 1. The van der Waals surface area contributed by atoms with Crippen molar-refractivity contribution < 1.29 is 24.3 Å². The van der Waals surface area contributed by atoms with Crippen LogP contribution in [0.15, 0.2) is 42.5 Å². The normalized spacial score (nSPS) is 21.4. The highest BCUT2D eigenvalue weighted by Gasteiger charge is 2.32. The van der Waals surface area contributed by atoms with Gasteiger partial charge in [0, 0.05) is 18.1 Å². The van der Waals surface area contributed by atoms with Gasteiger partial charge in [-0.1, -0.05) is 12.1 Å². The first kappa shape index (κ1) is 20.3. The number of amides is 1. The van der Waals surface area contributed by atoms with Gasteiger partial charge in [0.05, 0.1) is 11.5 Å². The first-order valence-electron chi connectivity index (χ1n) is 10.5. The maximum Gasteiger partial charge on any atom is 0.292 e. The minimum absolute atomic E-state index is 0.0814. The van der Waals surface area contributed by atoms with Crippen molar-refractivity contribution >= 4 is 17.3 Å². The Kier molecular flexibility index (Phi) is 5.96. The number of fused-ring (bicyclic) bond motifs is 1. The van der Waals surface area contributed by atoms with Crippen LogP contribution >= 0.6 is 0 Å². The van der Waals surface area contributed by atoms with E-state index in [1.54, 1.807) is 18.2 Å². The molecule has 0 bridgehead atoms. The Bertz CT molecular complexity index is 940. The molecule has 2 aliphatic rings. The monoisotopic (exact) mass is 412 g/mol. The summed E-state index contributed by atoms with van der Waals surface area (Å²) in [6.45, 7) is 7.43. The van der Waals surface area contributed by atoms with Crippen molar-refractivity contribution in [3.05, 3.63) is 63.7 Å². The third kappa shape index (κ3) is 4.44. The Hall–Kier alpha value is -2.97. The van der Waals surface area contributed by atoms with Gasteiger partial charge in [-0.2, -0.15) is 0 Å². The summed E-state index contributed by atoms with van der Waals surface area (Å²) in [6.07, 6.45) is 0.989. The highest BCUT2D eigenvalue weighted by Crippen LogP contribution is 2.25. The molecule has 1 saturated heterocycles. The predicted molar refractivity (Wildman–Crippen MR) is 112 cm³/mol. The predicted octanol–water partition coefficient (Wildman–Crippen LogP) is -0.160. The molecule has 0 spiro atoms. The summed E-state index contributed by atoms with van der Waals surface area (Å²) in [5.41, 5.74) is 2.81. The molecule has 8 nitrogen and oxygen atoms in total. The molecule has 158 valence electrons. The Morgan fingerprint density at radius 1 is 1.20 bits per heavy atom. The molecule has 4 rings (SSSR count). The maximum absolute atomic E-state index is 12.7. The molecule has 8 heteroatoms. The number of ether oxygens (including phenoxy) is 1. The molecule has 0 radical (unpaired) electrons. The van der Waals surface area contributed by atoms with Crippen LogP contribution in [0.4, 0.5) is 11.4 Å². The molecule has 1 amide bonds. The summed E-state index contributed by atoms with van der Waals surface area (Å²) in [7, 11) is 0. The average molecular weight is 412 g/mol. The lowest BCUT2D eigenvalue weighted by Crippen LogP contribution is -3.29. The molecule has 3 N–H and O–H groups in total. The molecule has 2 aromatic carbocycles. The van der Waals surface area contributed by atoms with Gasteiger partial charge in [-0.05, 0) is 36.8 Å². The van der Waals surface area contributed by atoms with Crippen molar-refractivity contribution in [2.24, 2.45) is 0 Å². The zero-order valence-electron chi connectivity index (χ0n) is 17.1. The number of carbonyl (C=O) groups is 1. The van der Waals surface area contributed by atoms with E-state index in [0.717, 1.165) is 51.5 Å². The molecule has 0 aromatic heterocycles. The van der Waals surface area contributed by atoms with Gasteiger partial charge in [-0.25, -0.2) is 0 Å². The smallest absolute Gasteiger partial charge is 0.292 e. The second-order valence-corrected chi connectivity index (χ2v) is 8.11. The number of quaternary nitrogens is 2. The highest BCUT2D eigenvalue weighted by atomic mass is 16.6. The number of para-hydroxylation sites is 2. The van der Waals surface area contributed by atoms with Crippen LogP contribution in [0, 0.1) is 10.1 Å². The average Bonchev–Trinajstić information content (AvgIpc) is 3.22. The van der Waals surface area contributed by atoms with Gasteiger partial charge in [0.15, 0.2) is 6.04 Å². The Morgan fingerprint density at radius 2 is 1.97 bits per heavy atom. The van der Waals surface area contributed by atoms with Crippen molar-refractivity contribution in [1.29, 1.82) is 0 Å². The maximum atomic E-state index is 12.7. The summed E-state index contributed by atoms with van der Waals surface area (Å²) in [5, 5.41) is 13.9. The van der Waals surface area contributed by atoms with Crippen molar-refractivity contribution in [2.75, 3.05) is 38.1 Å². The summed E-state index contributed by atoms with van der Waals surface area (Å²) < 4.78 is 5.58. The van der Waals surface area contributed by atoms with Crippen molar-refractivity contribution in [3.8, 4) is 5.75 Å². The molecule has 2 aromatic rings. The van der Waals surface area contributed by atoms with Crippen LogP contribution in [0.25, 0.3) is 0 Å². The van der Waals surface area contributed by atoms with E-state index >= 15 is 0 Å². The van der Waals surface area contributed by atoms with Gasteiger partial charge in [-0.3, -0.25) is 14.9 Å². The Balaban J connectivity index is 1.30. The minimum Gasteiger partial charge on any atom is -0.493 e. The van der Waals surface area contributed by atoms with E-state index in [0.29, 0.717) is 0 Å². The van der Waals surface area contributed by atoms with E-state index in [-0.39, 0.29) is 23.3 Å². The van der Waals surface area contributed by atoms with Crippen molar-refractivity contribution in [1.82, 2.24) is 0 Å². The fourth-order valence-corrected chi connectivity index (χ4v) is 4.34. The lowest BCUT2D eigenvalue weighted by atomic mass is 10.1. The Morgan fingerprint density at radius 3 is 2.73 bits per heavy atom. The third-order valence-corrected chi connectivity index (χ3v) is 6.17. The summed E-state index contributed by atoms with van der Waals surface area (Å²) in [4.78, 5) is 26.1. The van der Waals surface area contributed by atoms with Crippen molar-refractivity contribution in [3.63, 3.8) is 0 Å². The van der Waals surface area contributed by atoms with Crippen LogP contribution in [0.2, 0.25) is 0 Å². The van der Waals surface area contributed by atoms with Crippen LogP contribution < -0.4 is 19.9 Å². The van der Waals surface area contributed by atoms with E-state index in [1.165, 1.54) is 27.0 Å². The molecule has 0 unspecified atom stereocenters. The molecular weight excluding hydrogens is 384 g/mol. The van der Waals surface area contributed by atoms with Gasteiger partial charge in [0.1, 0.15) is 44.2 Å². The van der Waals surface area contributed by atoms with Gasteiger partial charge in [0.2, 0.25) is 0 Å². The molecule has 2 heterocycles. The molecular formula is C22H28N4O4+2. The largest absolute Gasteiger partial charge is 0.493 e. The number of anilines is 1. The summed E-state index contributed by atoms with van der Waals surface area (Å²) in [5.74, 6) is 0.836. The van der Waals surface area contributed by atoms with Crippen LogP contribution in [-0.2, 0) is 17.8 Å². The first-order chi connectivity index (χ1) is 14.5. The van der Waals surface area contributed by atoms with Crippen LogP contribution in [0.1, 0.15) is 18.1 Å². The van der Waals surface area contributed by atoms with Crippen LogP contribution in [-0.4, -0.2) is 49.7 Å². The molecule has 0 saturated carbocycles. The summed E-state index contributed by atoms with van der Waals surface area (Å²) in [6, 6.07) is 12.5. The first-order valence-corrected chi connectivity index (χ1v) is 10.5. The topological polar surface area (TPSA) is 90.3 Å². The lowest BCUT2D eigenvalue weighted by Gasteiger charge is -2.32. The van der Waals surface area contributed by atoms with Crippen molar-refractivity contribution in [2.45, 2.75) is 25.9 Å². The number of nitro groups is 1. The Labute approximate surface area is 175 Å². The van der Waals surface area contributed by atoms with Gasteiger partial charge < -0.3 is 19.9 Å². The number of rotatable bonds is 6. The lowest BCUT2D eigenvalue weighted by molar-refractivity contribution is -1.02. The number of nitrogens with one attached hydrogen (secondary N) is 3. The van der Waals surface area contributed by atoms with Crippen LogP contribution in [0.3, 0.4) is 0 Å². The number of benzene rings is 2. The standard InChI is InChI=1S/C22H26N4O4/c1-16(22(27)23-19-4-2-3-5-20(19)26(28)29)25-11-9-24(10-12-25)15-17-6-7-21-18(14-17)8-13-30-21/h2-7,14,16H,8-13,15H2,1H3,(H,23,27)/p+2/t16-/m0/s1. The van der Waals surface area contributed by atoms with Gasteiger partial charge in [0.25, 0.3) is 11.6 Å². The van der Waals surface area contributed by atoms with E-state index in [1.807, 2.05) is 6.92 Å². The number of carbonyl (C=O) groups excluding carboxylic acids is 1. The number of hydrogen-bond donors (Lipinski definition) is 3. The van der Waals surface area contributed by atoms with Gasteiger partial charge in [-0.15, -0.1) is 0 Å².